The first-order chi connectivity index (χ1) is 14.9. The smallest absolute Gasteiger partial charge is 0.253 e. The van der Waals surface area contributed by atoms with Crippen LogP contribution >= 0.6 is 11.8 Å². The summed E-state index contributed by atoms with van der Waals surface area (Å²) in [5.41, 5.74) is -0.235. The number of hydrogen-bond donors (Lipinski definition) is 1. The fraction of sp³-hybridized carbons (Fsp3) is 0.458. The molecule has 164 valence electrons. The Bertz CT molecular complexity index is 939. The molecule has 0 bridgehead atoms. The predicted molar refractivity (Wildman–Crippen MR) is 117 cm³/mol. The molecule has 3 fully saturated rings. The number of halogens is 1. The van der Waals surface area contributed by atoms with Crippen LogP contribution in [-0.4, -0.2) is 58.8 Å². The molecular formula is C24H26FNO4S. The number of likely N-dealkylation sites (tertiary alicyclic amines) is 1. The topological polar surface area (TPSA) is 59.0 Å². The Morgan fingerprint density at radius 3 is 2.39 bits per heavy atom. The summed E-state index contributed by atoms with van der Waals surface area (Å²) >= 11 is 1.87. The molecule has 3 heterocycles. The van der Waals surface area contributed by atoms with Gasteiger partial charge in [-0.3, -0.25) is 4.79 Å². The molecule has 1 amide bonds. The molecule has 3 aliphatic heterocycles. The van der Waals surface area contributed by atoms with E-state index < -0.39 is 11.2 Å². The van der Waals surface area contributed by atoms with Gasteiger partial charge < -0.3 is 19.5 Å². The average molecular weight is 444 g/mol. The summed E-state index contributed by atoms with van der Waals surface area (Å²) < 4.78 is 25.2. The van der Waals surface area contributed by atoms with Crippen molar-refractivity contribution in [1.29, 1.82) is 0 Å². The third-order valence-electron chi connectivity index (χ3n) is 6.59. The zero-order chi connectivity index (χ0) is 21.5. The van der Waals surface area contributed by atoms with E-state index in [1.54, 1.807) is 12.1 Å². The first kappa shape index (κ1) is 20.8. The van der Waals surface area contributed by atoms with E-state index in [4.69, 9.17) is 9.47 Å². The molecule has 0 radical (unpaired) electrons. The summed E-state index contributed by atoms with van der Waals surface area (Å²) in [6, 6.07) is 13.3. The molecule has 1 atom stereocenters. The van der Waals surface area contributed by atoms with Crippen LogP contribution in [0.2, 0.25) is 0 Å². The molecule has 2 aromatic carbocycles. The molecule has 0 aliphatic carbocycles. The van der Waals surface area contributed by atoms with Crippen LogP contribution < -0.4 is 4.74 Å². The maximum Gasteiger partial charge on any atom is 0.253 e. The van der Waals surface area contributed by atoms with Gasteiger partial charge >= 0.3 is 0 Å². The number of piperidine rings is 1. The maximum absolute atomic E-state index is 13.2. The first-order valence-corrected chi connectivity index (χ1v) is 11.9. The third-order valence-corrected chi connectivity index (χ3v) is 7.80. The number of thioether (sulfide) groups is 1. The average Bonchev–Trinajstić information content (AvgIpc) is 3.09. The molecule has 7 heteroatoms. The summed E-state index contributed by atoms with van der Waals surface area (Å²) in [7, 11) is 0. The Morgan fingerprint density at radius 2 is 1.77 bits per heavy atom. The minimum Gasteiger partial charge on any atom is -0.489 e. The molecule has 5 rings (SSSR count). The second-order valence-electron chi connectivity index (χ2n) is 8.78. The van der Waals surface area contributed by atoms with E-state index in [2.05, 4.69) is 0 Å². The van der Waals surface area contributed by atoms with Gasteiger partial charge in [0.25, 0.3) is 5.91 Å². The van der Waals surface area contributed by atoms with E-state index in [1.807, 2.05) is 40.9 Å². The number of nitrogens with zero attached hydrogens (tertiary/aromatic N) is 1. The van der Waals surface area contributed by atoms with Crippen LogP contribution in [0.25, 0.3) is 0 Å². The minimum absolute atomic E-state index is 0.00685. The fourth-order valence-corrected chi connectivity index (χ4v) is 5.19. The van der Waals surface area contributed by atoms with Gasteiger partial charge in [-0.15, -0.1) is 0 Å². The van der Waals surface area contributed by atoms with Crippen LogP contribution in [0.5, 0.6) is 5.75 Å². The quantitative estimate of drug-likeness (QED) is 0.783. The number of carbonyl (C=O) groups excluding carboxylic acids is 1. The Kier molecular flexibility index (Phi) is 5.44. The number of amides is 1. The highest BCUT2D eigenvalue weighted by molar-refractivity contribution is 8.00. The van der Waals surface area contributed by atoms with Gasteiger partial charge in [0, 0.05) is 36.6 Å². The van der Waals surface area contributed by atoms with E-state index in [1.165, 1.54) is 12.1 Å². The largest absolute Gasteiger partial charge is 0.489 e. The lowest BCUT2D eigenvalue weighted by Gasteiger charge is -2.39. The maximum atomic E-state index is 13.2. The predicted octanol–water partition coefficient (Wildman–Crippen LogP) is 3.60. The van der Waals surface area contributed by atoms with Crippen LogP contribution in [0, 0.1) is 5.82 Å². The number of carbonyl (C=O) groups is 1. The number of aliphatic hydroxyl groups is 1. The molecule has 3 saturated heterocycles. The van der Waals surface area contributed by atoms with Gasteiger partial charge in [-0.05, 0) is 54.8 Å². The van der Waals surface area contributed by atoms with Crippen molar-refractivity contribution >= 4 is 17.7 Å². The first-order valence-electron chi connectivity index (χ1n) is 10.7. The van der Waals surface area contributed by atoms with Crippen LogP contribution in [0.15, 0.2) is 48.5 Å². The molecule has 2 aromatic rings. The summed E-state index contributed by atoms with van der Waals surface area (Å²) in [6.07, 6.45) is 2.08. The summed E-state index contributed by atoms with van der Waals surface area (Å²) in [5, 5.41) is 11.1. The standard InChI is InChI=1S/C24H26FNO4S/c25-19-5-3-18(4-6-19)24(28)15-23(29-16-24)9-11-26(12-10-23)22(27)17-1-7-20(8-2-17)30-21-13-31-14-21/h1-8,21,28H,9-16H2/t24-/m0/s1. The molecule has 31 heavy (non-hydrogen) atoms. The second-order valence-corrected chi connectivity index (χ2v) is 9.86. The van der Waals surface area contributed by atoms with Crippen molar-refractivity contribution in [2.24, 2.45) is 0 Å². The SMILES string of the molecule is O=C(c1ccc(OC2CSC2)cc1)N1CCC2(CC1)C[C@@](O)(c1ccc(F)cc1)CO2. The highest BCUT2D eigenvalue weighted by atomic mass is 32.2. The minimum atomic E-state index is -1.12. The van der Waals surface area contributed by atoms with Gasteiger partial charge in [0.2, 0.25) is 0 Å². The van der Waals surface area contributed by atoms with E-state index >= 15 is 0 Å². The van der Waals surface area contributed by atoms with Crippen LogP contribution in [0.4, 0.5) is 4.39 Å². The van der Waals surface area contributed by atoms with Crippen molar-refractivity contribution in [1.82, 2.24) is 4.90 Å². The van der Waals surface area contributed by atoms with Crippen molar-refractivity contribution in [3.63, 3.8) is 0 Å². The van der Waals surface area contributed by atoms with E-state index in [0.29, 0.717) is 43.5 Å². The van der Waals surface area contributed by atoms with Crippen molar-refractivity contribution in [2.45, 2.75) is 36.6 Å². The van der Waals surface area contributed by atoms with Gasteiger partial charge in [0.15, 0.2) is 0 Å². The monoisotopic (exact) mass is 443 g/mol. The summed E-state index contributed by atoms with van der Waals surface area (Å²) in [5.74, 6) is 2.53. The molecule has 0 aromatic heterocycles. The zero-order valence-electron chi connectivity index (χ0n) is 17.3. The van der Waals surface area contributed by atoms with Gasteiger partial charge in [0.1, 0.15) is 23.3 Å². The highest BCUT2D eigenvalue weighted by Gasteiger charge is 2.50. The molecule has 1 spiro atoms. The zero-order valence-corrected chi connectivity index (χ0v) is 18.1. The Morgan fingerprint density at radius 1 is 1.10 bits per heavy atom. The lowest BCUT2D eigenvalue weighted by molar-refractivity contribution is -0.0431. The van der Waals surface area contributed by atoms with Gasteiger partial charge in [-0.25, -0.2) is 4.39 Å². The lowest BCUT2D eigenvalue weighted by Crippen LogP contribution is -2.47. The molecule has 3 aliphatic rings. The number of benzene rings is 2. The Hall–Kier alpha value is -2.09. The molecule has 0 unspecified atom stereocenters. The second kappa shape index (κ2) is 8.11. The van der Waals surface area contributed by atoms with Gasteiger partial charge in [0.05, 0.1) is 12.2 Å². The van der Waals surface area contributed by atoms with Gasteiger partial charge in [-0.1, -0.05) is 12.1 Å². The molecular weight excluding hydrogens is 417 g/mol. The Balaban J connectivity index is 1.19. The van der Waals surface area contributed by atoms with Crippen molar-refractivity contribution < 1.29 is 23.8 Å². The Labute approximate surface area is 185 Å². The third kappa shape index (κ3) is 4.19. The van der Waals surface area contributed by atoms with E-state index in [9.17, 15) is 14.3 Å². The van der Waals surface area contributed by atoms with Crippen molar-refractivity contribution in [3.8, 4) is 5.75 Å². The van der Waals surface area contributed by atoms with Crippen molar-refractivity contribution in [2.75, 3.05) is 31.2 Å². The van der Waals surface area contributed by atoms with Crippen LogP contribution in [0.1, 0.15) is 35.2 Å². The number of rotatable bonds is 4. The normalized spacial score (nSPS) is 25.4. The molecule has 0 saturated carbocycles. The number of ether oxygens (including phenoxy) is 2. The molecule has 5 nitrogen and oxygen atoms in total. The summed E-state index contributed by atoms with van der Waals surface area (Å²) in [6.45, 7) is 1.35. The fourth-order valence-electron chi connectivity index (χ4n) is 4.62. The van der Waals surface area contributed by atoms with Crippen molar-refractivity contribution in [3.05, 3.63) is 65.5 Å². The van der Waals surface area contributed by atoms with Crippen LogP contribution in [-0.2, 0) is 10.3 Å². The lowest BCUT2D eigenvalue weighted by atomic mass is 9.80. The number of hydrogen-bond acceptors (Lipinski definition) is 5. The highest BCUT2D eigenvalue weighted by Crippen LogP contribution is 2.45. The molecule has 1 N–H and O–H groups in total. The van der Waals surface area contributed by atoms with Crippen LogP contribution in [0.3, 0.4) is 0 Å². The van der Waals surface area contributed by atoms with E-state index in [-0.39, 0.29) is 24.4 Å². The van der Waals surface area contributed by atoms with Gasteiger partial charge in [-0.2, -0.15) is 11.8 Å². The van der Waals surface area contributed by atoms with E-state index in [0.717, 1.165) is 17.3 Å². The summed E-state index contributed by atoms with van der Waals surface area (Å²) in [4.78, 5) is 14.8.